The van der Waals surface area contributed by atoms with Crippen molar-refractivity contribution >= 4 is 44.9 Å². The average Bonchev–Trinajstić information content (AvgIpc) is 2.66. The van der Waals surface area contributed by atoms with Crippen molar-refractivity contribution in [2.75, 3.05) is 20.2 Å². The maximum absolute atomic E-state index is 11.2. The van der Waals surface area contributed by atoms with Gasteiger partial charge in [0.25, 0.3) is 0 Å². The maximum atomic E-state index is 11.2. The van der Waals surface area contributed by atoms with Gasteiger partial charge in [0.05, 0.1) is 18.7 Å². The first kappa shape index (κ1) is 21.4. The van der Waals surface area contributed by atoms with Crippen molar-refractivity contribution in [3.63, 3.8) is 0 Å². The van der Waals surface area contributed by atoms with Crippen LogP contribution in [0.2, 0.25) is 0 Å². The molecule has 1 aromatic heterocycles. The van der Waals surface area contributed by atoms with E-state index in [1.165, 1.54) is 6.42 Å². The fourth-order valence-corrected chi connectivity index (χ4v) is 4.44. The fraction of sp³-hybridized carbons (Fsp3) is 0.450. The van der Waals surface area contributed by atoms with E-state index in [4.69, 9.17) is 4.74 Å². The summed E-state index contributed by atoms with van der Waals surface area (Å²) in [7, 11) is 1.66. The molecular weight excluding hydrogens is 460 g/mol. The van der Waals surface area contributed by atoms with Crippen LogP contribution in [-0.2, 0) is 0 Å². The van der Waals surface area contributed by atoms with E-state index in [-0.39, 0.29) is 40.0 Å². The van der Waals surface area contributed by atoms with Gasteiger partial charge in [0, 0.05) is 24.2 Å². The molecule has 3 fully saturated rings. The summed E-state index contributed by atoms with van der Waals surface area (Å²) in [5.74, 6) is 2.01. The van der Waals surface area contributed by atoms with Crippen molar-refractivity contribution in [1.82, 2.24) is 9.88 Å². The van der Waals surface area contributed by atoms with E-state index in [1.807, 2.05) is 24.3 Å². The van der Waals surface area contributed by atoms with Crippen LogP contribution in [0.5, 0.6) is 5.75 Å². The minimum absolute atomic E-state index is 0. The third kappa shape index (κ3) is 3.70. The molecule has 4 nitrogen and oxygen atoms in total. The van der Waals surface area contributed by atoms with Gasteiger partial charge in [-0.15, -0.1) is 40.5 Å². The number of nitrogens with zero attached hydrogens (tertiary/aromatic N) is 2. The molecule has 4 heterocycles. The zero-order valence-electron chi connectivity index (χ0n) is 14.9. The SMILES string of the molecule is Br.Br.C=CC1CN2CCC1CC2C(O)c1ccnc2ccc(OC)cc12. The van der Waals surface area contributed by atoms with Crippen LogP contribution < -0.4 is 4.74 Å². The Labute approximate surface area is 175 Å². The third-order valence-electron chi connectivity index (χ3n) is 5.82. The number of piperidine rings is 3. The topological polar surface area (TPSA) is 45.6 Å². The van der Waals surface area contributed by atoms with Gasteiger partial charge in [0.1, 0.15) is 5.75 Å². The van der Waals surface area contributed by atoms with Crippen LogP contribution in [0.15, 0.2) is 43.1 Å². The number of hydrogen-bond donors (Lipinski definition) is 1. The molecule has 26 heavy (non-hydrogen) atoms. The van der Waals surface area contributed by atoms with Crippen LogP contribution in [0, 0.1) is 11.8 Å². The number of hydrogen-bond acceptors (Lipinski definition) is 4. The summed E-state index contributed by atoms with van der Waals surface area (Å²) < 4.78 is 5.35. The van der Waals surface area contributed by atoms with Gasteiger partial charge in [-0.2, -0.15) is 0 Å². The highest BCUT2D eigenvalue weighted by molar-refractivity contribution is 8.93. The monoisotopic (exact) mass is 484 g/mol. The molecule has 6 heteroatoms. The molecule has 1 N–H and O–H groups in total. The lowest BCUT2D eigenvalue weighted by atomic mass is 9.73. The smallest absolute Gasteiger partial charge is 0.119 e. The molecule has 3 aliphatic heterocycles. The van der Waals surface area contributed by atoms with Gasteiger partial charge in [-0.1, -0.05) is 6.08 Å². The van der Waals surface area contributed by atoms with E-state index < -0.39 is 6.10 Å². The molecule has 5 unspecified atom stereocenters. The lowest BCUT2D eigenvalue weighted by molar-refractivity contribution is -0.0444. The molecule has 0 radical (unpaired) electrons. The second-order valence-corrected chi connectivity index (χ2v) is 6.97. The first-order chi connectivity index (χ1) is 11.7. The Morgan fingerprint density at radius 1 is 1.35 bits per heavy atom. The largest absolute Gasteiger partial charge is 0.497 e. The maximum Gasteiger partial charge on any atom is 0.119 e. The number of benzene rings is 1. The van der Waals surface area contributed by atoms with Crippen LogP contribution in [0.3, 0.4) is 0 Å². The number of pyridine rings is 1. The Hall–Kier alpha value is -0.950. The quantitative estimate of drug-likeness (QED) is 0.654. The standard InChI is InChI=1S/C20H24N2O2.2BrH/c1-3-13-12-22-9-7-14(13)10-19(22)20(23)16-6-8-21-18-5-4-15(24-2)11-17(16)18;;/h3-6,8,11,13-14,19-20,23H,1,7,9-10,12H2,2H3;2*1H. The van der Waals surface area contributed by atoms with Crippen LogP contribution in [-0.4, -0.2) is 41.2 Å². The fourth-order valence-electron chi connectivity index (χ4n) is 4.44. The first-order valence-electron chi connectivity index (χ1n) is 8.68. The van der Waals surface area contributed by atoms with Gasteiger partial charge >= 0.3 is 0 Å². The van der Waals surface area contributed by atoms with E-state index in [1.54, 1.807) is 13.3 Å². The molecule has 0 spiro atoms. The molecule has 2 aromatic rings. The number of aliphatic hydroxyl groups excluding tert-OH is 1. The summed E-state index contributed by atoms with van der Waals surface area (Å²) in [6, 6.07) is 7.96. The highest BCUT2D eigenvalue weighted by Crippen LogP contribution is 2.42. The highest BCUT2D eigenvalue weighted by atomic mass is 79.9. The second kappa shape index (κ2) is 8.83. The Bertz CT molecular complexity index is 771. The van der Waals surface area contributed by atoms with E-state index in [9.17, 15) is 5.11 Å². The molecule has 5 rings (SSSR count). The Morgan fingerprint density at radius 2 is 2.15 bits per heavy atom. The highest BCUT2D eigenvalue weighted by Gasteiger charge is 2.42. The first-order valence-corrected chi connectivity index (χ1v) is 8.68. The van der Waals surface area contributed by atoms with Gasteiger partial charge in [0.2, 0.25) is 0 Å². The van der Waals surface area contributed by atoms with Crippen molar-refractivity contribution in [2.24, 2.45) is 11.8 Å². The van der Waals surface area contributed by atoms with Crippen LogP contribution in [0.25, 0.3) is 10.9 Å². The predicted molar refractivity (Wildman–Crippen MR) is 116 cm³/mol. The average molecular weight is 486 g/mol. The van der Waals surface area contributed by atoms with Crippen molar-refractivity contribution in [2.45, 2.75) is 25.0 Å². The molecule has 2 bridgehead atoms. The van der Waals surface area contributed by atoms with E-state index in [0.717, 1.165) is 41.7 Å². The predicted octanol–water partition coefficient (Wildman–Crippen LogP) is 4.33. The van der Waals surface area contributed by atoms with Crippen molar-refractivity contribution in [3.8, 4) is 5.75 Å². The summed E-state index contributed by atoms with van der Waals surface area (Å²) in [6.45, 7) is 6.07. The summed E-state index contributed by atoms with van der Waals surface area (Å²) >= 11 is 0. The van der Waals surface area contributed by atoms with Crippen molar-refractivity contribution in [3.05, 3.63) is 48.7 Å². The van der Waals surface area contributed by atoms with Gasteiger partial charge in [-0.25, -0.2) is 0 Å². The molecule has 3 saturated heterocycles. The Morgan fingerprint density at radius 3 is 2.81 bits per heavy atom. The normalized spacial score (nSPS) is 27.9. The number of aliphatic hydroxyl groups is 1. The minimum Gasteiger partial charge on any atom is -0.497 e. The molecular formula is C20H26Br2N2O2. The lowest BCUT2D eigenvalue weighted by Gasteiger charge is -2.50. The van der Waals surface area contributed by atoms with Crippen LogP contribution in [0.1, 0.15) is 24.5 Å². The molecule has 142 valence electrons. The van der Waals surface area contributed by atoms with Crippen molar-refractivity contribution in [1.29, 1.82) is 0 Å². The van der Waals surface area contributed by atoms with E-state index in [2.05, 4.69) is 22.5 Å². The number of methoxy groups -OCH3 is 1. The summed E-state index contributed by atoms with van der Waals surface area (Å²) in [5.41, 5.74) is 1.85. The molecule has 3 aliphatic rings. The number of ether oxygens (including phenoxy) is 1. The van der Waals surface area contributed by atoms with Gasteiger partial charge in [-0.3, -0.25) is 9.88 Å². The summed E-state index contributed by atoms with van der Waals surface area (Å²) in [5, 5.41) is 12.1. The summed E-state index contributed by atoms with van der Waals surface area (Å²) in [6.07, 6.45) is 5.62. The molecule has 0 saturated carbocycles. The Balaban J connectivity index is 0.00000121. The number of fused-ring (bicyclic) bond motifs is 4. The lowest BCUT2D eigenvalue weighted by Crippen LogP contribution is -2.54. The molecule has 5 atom stereocenters. The van der Waals surface area contributed by atoms with Gasteiger partial charge in [0.15, 0.2) is 0 Å². The van der Waals surface area contributed by atoms with E-state index >= 15 is 0 Å². The molecule has 0 aliphatic carbocycles. The van der Waals surface area contributed by atoms with Gasteiger partial charge < -0.3 is 9.84 Å². The van der Waals surface area contributed by atoms with E-state index in [0.29, 0.717) is 11.8 Å². The zero-order valence-corrected chi connectivity index (χ0v) is 18.3. The molecule has 1 aromatic carbocycles. The number of rotatable bonds is 4. The Kier molecular flexibility index (Phi) is 7.25. The molecule has 0 amide bonds. The van der Waals surface area contributed by atoms with Crippen LogP contribution >= 0.6 is 34.0 Å². The van der Waals surface area contributed by atoms with Crippen molar-refractivity contribution < 1.29 is 9.84 Å². The summed E-state index contributed by atoms with van der Waals surface area (Å²) in [4.78, 5) is 6.86. The minimum atomic E-state index is -0.504. The number of aromatic nitrogens is 1. The van der Waals surface area contributed by atoms with Gasteiger partial charge in [-0.05, 0) is 61.1 Å². The second-order valence-electron chi connectivity index (χ2n) is 6.97. The zero-order chi connectivity index (χ0) is 16.7. The number of halogens is 2. The third-order valence-corrected chi connectivity index (χ3v) is 5.82. The van der Waals surface area contributed by atoms with Crippen LogP contribution in [0.4, 0.5) is 0 Å².